The van der Waals surface area contributed by atoms with Crippen LogP contribution in [0.25, 0.3) is 0 Å². The van der Waals surface area contributed by atoms with Crippen LogP contribution >= 0.6 is 0 Å². The molecule has 7 nitrogen and oxygen atoms in total. The maximum Gasteiger partial charge on any atom is 0.255 e. The number of aryl methyl sites for hydroxylation is 2. The number of imidazole rings is 1. The van der Waals surface area contributed by atoms with Gasteiger partial charge in [-0.3, -0.25) is 9.89 Å². The van der Waals surface area contributed by atoms with Gasteiger partial charge in [-0.2, -0.15) is 5.10 Å². The second-order valence-corrected chi connectivity index (χ2v) is 5.88. The molecule has 0 unspecified atom stereocenters. The lowest BCUT2D eigenvalue weighted by atomic mass is 9.90. The Labute approximate surface area is 135 Å². The smallest absolute Gasteiger partial charge is 0.255 e. The summed E-state index contributed by atoms with van der Waals surface area (Å²) >= 11 is 0. The van der Waals surface area contributed by atoms with Gasteiger partial charge in [-0.15, -0.1) is 0 Å². The van der Waals surface area contributed by atoms with E-state index in [0.29, 0.717) is 11.5 Å². The molecule has 3 heterocycles. The fourth-order valence-electron chi connectivity index (χ4n) is 3.11. The van der Waals surface area contributed by atoms with Crippen molar-refractivity contribution in [2.45, 2.75) is 39.3 Å². The number of rotatable bonds is 5. The Bertz CT molecular complexity index is 657. The molecule has 0 bridgehead atoms. The topological polar surface area (TPSA) is 84.8 Å². The molecule has 0 aliphatic carbocycles. The summed E-state index contributed by atoms with van der Waals surface area (Å²) in [4.78, 5) is 17.1. The average molecular weight is 317 g/mol. The van der Waals surface area contributed by atoms with Gasteiger partial charge in [0.1, 0.15) is 5.82 Å². The molecule has 7 heteroatoms. The van der Waals surface area contributed by atoms with E-state index in [0.717, 1.165) is 44.1 Å². The number of hydrogen-bond donors (Lipinski definition) is 2. The molecule has 1 aliphatic rings. The summed E-state index contributed by atoms with van der Waals surface area (Å²) in [5.74, 6) is 1.12. The molecule has 0 radical (unpaired) electrons. The molecule has 1 aliphatic heterocycles. The maximum atomic E-state index is 12.6. The SMILES string of the molecule is CCn1ccnc1[C@H](NC(=O)c1cn[nH]c1C)C1CCOCC1. The Morgan fingerprint density at radius 3 is 2.96 bits per heavy atom. The van der Waals surface area contributed by atoms with E-state index >= 15 is 0 Å². The van der Waals surface area contributed by atoms with Crippen molar-refractivity contribution in [1.82, 2.24) is 25.1 Å². The van der Waals surface area contributed by atoms with Crippen molar-refractivity contribution in [1.29, 1.82) is 0 Å². The molecule has 124 valence electrons. The molecule has 2 aromatic rings. The standard InChI is InChI=1S/C16H23N5O2/c1-3-21-7-6-17-15(21)14(12-4-8-23-9-5-12)19-16(22)13-10-18-20-11(13)2/h6-7,10,12,14H,3-5,8-9H2,1-2H3,(H,18,20)(H,19,22)/t14-/m1/s1. The fraction of sp³-hybridized carbons (Fsp3) is 0.562. The number of nitrogens with zero attached hydrogens (tertiary/aromatic N) is 3. The Hall–Kier alpha value is -2.15. The van der Waals surface area contributed by atoms with E-state index in [9.17, 15) is 4.79 Å². The van der Waals surface area contributed by atoms with E-state index in [1.165, 1.54) is 0 Å². The number of carbonyl (C=O) groups excluding carboxylic acids is 1. The van der Waals surface area contributed by atoms with Crippen LogP contribution in [0.1, 0.15) is 47.7 Å². The summed E-state index contributed by atoms with van der Waals surface area (Å²) in [6.07, 6.45) is 7.16. The van der Waals surface area contributed by atoms with Gasteiger partial charge in [0.05, 0.1) is 17.8 Å². The number of carbonyl (C=O) groups is 1. The van der Waals surface area contributed by atoms with E-state index < -0.39 is 0 Å². The molecular formula is C16H23N5O2. The van der Waals surface area contributed by atoms with Gasteiger partial charge >= 0.3 is 0 Å². The van der Waals surface area contributed by atoms with Crippen LogP contribution in [0.3, 0.4) is 0 Å². The average Bonchev–Trinajstić information content (AvgIpc) is 3.21. The van der Waals surface area contributed by atoms with E-state index in [-0.39, 0.29) is 11.9 Å². The molecule has 1 amide bonds. The highest BCUT2D eigenvalue weighted by Crippen LogP contribution is 2.29. The van der Waals surface area contributed by atoms with Crippen molar-refractivity contribution in [2.75, 3.05) is 13.2 Å². The lowest BCUT2D eigenvalue weighted by Gasteiger charge is -2.30. The number of nitrogens with one attached hydrogen (secondary N) is 2. The highest BCUT2D eigenvalue weighted by Gasteiger charge is 2.30. The van der Waals surface area contributed by atoms with Crippen LogP contribution < -0.4 is 5.32 Å². The lowest BCUT2D eigenvalue weighted by molar-refractivity contribution is 0.0498. The third-order valence-electron chi connectivity index (χ3n) is 4.47. The Morgan fingerprint density at radius 2 is 2.30 bits per heavy atom. The first-order valence-corrected chi connectivity index (χ1v) is 8.10. The van der Waals surface area contributed by atoms with Crippen LogP contribution in [0, 0.1) is 12.8 Å². The third kappa shape index (κ3) is 3.29. The lowest BCUT2D eigenvalue weighted by Crippen LogP contribution is -2.37. The number of H-pyrrole nitrogens is 1. The molecule has 0 aromatic carbocycles. The minimum atomic E-state index is -0.115. The van der Waals surface area contributed by atoms with Gasteiger partial charge < -0.3 is 14.6 Å². The number of amides is 1. The van der Waals surface area contributed by atoms with Crippen LogP contribution in [-0.2, 0) is 11.3 Å². The van der Waals surface area contributed by atoms with Gasteiger partial charge in [0.25, 0.3) is 5.91 Å². The highest BCUT2D eigenvalue weighted by atomic mass is 16.5. The van der Waals surface area contributed by atoms with Crippen molar-refractivity contribution in [3.63, 3.8) is 0 Å². The molecule has 0 saturated carbocycles. The zero-order valence-corrected chi connectivity index (χ0v) is 13.6. The van der Waals surface area contributed by atoms with Crippen LogP contribution in [0.2, 0.25) is 0 Å². The first kappa shape index (κ1) is 15.7. The zero-order valence-electron chi connectivity index (χ0n) is 13.6. The Morgan fingerprint density at radius 1 is 1.52 bits per heavy atom. The summed E-state index contributed by atoms with van der Waals surface area (Å²) in [5, 5.41) is 9.91. The molecule has 1 atom stereocenters. The van der Waals surface area contributed by atoms with Crippen molar-refractivity contribution in [2.24, 2.45) is 5.92 Å². The summed E-state index contributed by atoms with van der Waals surface area (Å²) in [6.45, 7) is 6.21. The monoisotopic (exact) mass is 317 g/mol. The van der Waals surface area contributed by atoms with Gasteiger partial charge in [0, 0.05) is 37.8 Å². The first-order chi connectivity index (χ1) is 11.2. The third-order valence-corrected chi connectivity index (χ3v) is 4.47. The van der Waals surface area contributed by atoms with E-state index in [4.69, 9.17) is 4.74 Å². The molecule has 1 fully saturated rings. The minimum Gasteiger partial charge on any atom is -0.381 e. The van der Waals surface area contributed by atoms with Gasteiger partial charge in [-0.25, -0.2) is 4.98 Å². The van der Waals surface area contributed by atoms with Crippen molar-refractivity contribution < 1.29 is 9.53 Å². The van der Waals surface area contributed by atoms with Gasteiger partial charge in [0.2, 0.25) is 0 Å². The predicted octanol–water partition coefficient (Wildman–Crippen LogP) is 1.83. The maximum absolute atomic E-state index is 12.6. The van der Waals surface area contributed by atoms with E-state index in [1.807, 2.05) is 13.1 Å². The van der Waals surface area contributed by atoms with Gasteiger partial charge in [-0.05, 0) is 32.6 Å². The minimum absolute atomic E-state index is 0.113. The molecule has 1 saturated heterocycles. The predicted molar refractivity (Wildman–Crippen MR) is 85.0 cm³/mol. The second-order valence-electron chi connectivity index (χ2n) is 5.88. The fourth-order valence-corrected chi connectivity index (χ4v) is 3.11. The zero-order chi connectivity index (χ0) is 16.2. The van der Waals surface area contributed by atoms with Crippen molar-refractivity contribution in [3.05, 3.63) is 35.7 Å². The number of aromatic nitrogens is 4. The number of hydrogen-bond acceptors (Lipinski definition) is 4. The highest BCUT2D eigenvalue weighted by molar-refractivity contribution is 5.95. The van der Waals surface area contributed by atoms with Crippen LogP contribution in [0.15, 0.2) is 18.6 Å². The van der Waals surface area contributed by atoms with E-state index in [2.05, 4.69) is 32.0 Å². The van der Waals surface area contributed by atoms with Gasteiger partial charge in [-0.1, -0.05) is 0 Å². The summed E-state index contributed by atoms with van der Waals surface area (Å²) in [5.41, 5.74) is 1.35. The molecule has 0 spiro atoms. The molecule has 23 heavy (non-hydrogen) atoms. The van der Waals surface area contributed by atoms with Crippen LogP contribution in [0.4, 0.5) is 0 Å². The Kier molecular flexibility index (Phi) is 4.76. The van der Waals surface area contributed by atoms with Crippen molar-refractivity contribution in [3.8, 4) is 0 Å². The molecule has 2 N–H and O–H groups in total. The van der Waals surface area contributed by atoms with Crippen LogP contribution in [-0.4, -0.2) is 38.9 Å². The quantitative estimate of drug-likeness (QED) is 0.881. The van der Waals surface area contributed by atoms with Crippen molar-refractivity contribution >= 4 is 5.91 Å². The van der Waals surface area contributed by atoms with Gasteiger partial charge in [0.15, 0.2) is 0 Å². The number of aromatic amines is 1. The normalized spacial score (nSPS) is 17.1. The molecule has 2 aromatic heterocycles. The van der Waals surface area contributed by atoms with Crippen LogP contribution in [0.5, 0.6) is 0 Å². The second kappa shape index (κ2) is 6.95. The largest absolute Gasteiger partial charge is 0.381 e. The number of ether oxygens (including phenoxy) is 1. The Balaban J connectivity index is 1.86. The summed E-state index contributed by atoms with van der Waals surface area (Å²) < 4.78 is 7.55. The summed E-state index contributed by atoms with van der Waals surface area (Å²) in [6, 6.07) is -0.115. The molecule has 3 rings (SSSR count). The molecular weight excluding hydrogens is 294 g/mol. The first-order valence-electron chi connectivity index (χ1n) is 8.10. The van der Waals surface area contributed by atoms with E-state index in [1.54, 1.807) is 12.4 Å². The summed E-state index contributed by atoms with van der Waals surface area (Å²) in [7, 11) is 0.